The lowest BCUT2D eigenvalue weighted by molar-refractivity contribution is -0.141. The highest BCUT2D eigenvalue weighted by molar-refractivity contribution is 5.84. The van der Waals surface area contributed by atoms with Crippen molar-refractivity contribution in [3.05, 3.63) is 35.6 Å². The molecule has 0 spiro atoms. The fraction of sp³-hybridized carbons (Fsp3) is 0.250. The molecule has 0 saturated carbocycles. The molecule has 1 aliphatic rings. The van der Waals surface area contributed by atoms with E-state index in [0.29, 0.717) is 12.8 Å². The van der Waals surface area contributed by atoms with Crippen LogP contribution in [0.2, 0.25) is 0 Å². The predicted octanol–water partition coefficient (Wildman–Crippen LogP) is 2.23. The van der Waals surface area contributed by atoms with E-state index >= 15 is 0 Å². The Morgan fingerprint density at radius 1 is 1.33 bits per heavy atom. The zero-order valence-electron chi connectivity index (χ0n) is 8.06. The van der Waals surface area contributed by atoms with E-state index in [2.05, 4.69) is 0 Å². The van der Waals surface area contributed by atoms with E-state index in [-0.39, 0.29) is 5.92 Å². The molecule has 3 rings (SSSR count). The van der Waals surface area contributed by atoms with Crippen LogP contribution >= 0.6 is 0 Å². The molecule has 15 heavy (non-hydrogen) atoms. The van der Waals surface area contributed by atoms with Crippen LogP contribution in [0.15, 0.2) is 28.9 Å². The lowest BCUT2D eigenvalue weighted by Gasteiger charge is -1.99. The minimum absolute atomic E-state index is 0.263. The highest BCUT2D eigenvalue weighted by Gasteiger charge is 2.28. The van der Waals surface area contributed by atoms with Crippen LogP contribution in [0.1, 0.15) is 11.1 Å². The molecule has 0 radical (unpaired) electrons. The largest absolute Gasteiger partial charge is 0.481 e. The summed E-state index contributed by atoms with van der Waals surface area (Å²) in [6.07, 6.45) is 2.92. The maximum Gasteiger partial charge on any atom is 0.307 e. The first-order valence-corrected chi connectivity index (χ1v) is 4.96. The molecule has 1 aromatic heterocycles. The number of fused-ring (bicyclic) bond motifs is 3. The van der Waals surface area contributed by atoms with Crippen molar-refractivity contribution in [3.63, 3.8) is 0 Å². The van der Waals surface area contributed by atoms with E-state index in [1.807, 2.05) is 18.2 Å². The Morgan fingerprint density at radius 2 is 2.20 bits per heavy atom. The van der Waals surface area contributed by atoms with Crippen LogP contribution in [0.3, 0.4) is 0 Å². The zero-order valence-corrected chi connectivity index (χ0v) is 8.06. The summed E-state index contributed by atoms with van der Waals surface area (Å²) in [5, 5.41) is 10.1. The average Bonchev–Trinajstić information content (AvgIpc) is 2.82. The van der Waals surface area contributed by atoms with Crippen molar-refractivity contribution in [1.82, 2.24) is 0 Å². The fourth-order valence-corrected chi connectivity index (χ4v) is 2.34. The van der Waals surface area contributed by atoms with Crippen molar-refractivity contribution < 1.29 is 14.3 Å². The monoisotopic (exact) mass is 202 g/mol. The molecule has 0 aliphatic heterocycles. The second-order valence-corrected chi connectivity index (χ2v) is 3.98. The predicted molar refractivity (Wildman–Crippen MR) is 54.7 cm³/mol. The Balaban J connectivity index is 2.15. The molecule has 1 unspecified atom stereocenters. The third-order valence-electron chi connectivity index (χ3n) is 3.11. The first-order valence-electron chi connectivity index (χ1n) is 4.96. The molecule has 1 heterocycles. The van der Waals surface area contributed by atoms with Gasteiger partial charge in [0.2, 0.25) is 0 Å². The molecule has 0 amide bonds. The summed E-state index contributed by atoms with van der Waals surface area (Å²) in [7, 11) is 0. The van der Waals surface area contributed by atoms with Gasteiger partial charge in [0.25, 0.3) is 0 Å². The lowest BCUT2D eigenvalue weighted by Crippen LogP contribution is -2.12. The summed E-state index contributed by atoms with van der Waals surface area (Å²) in [6, 6.07) is 5.81. The topological polar surface area (TPSA) is 50.4 Å². The van der Waals surface area contributed by atoms with E-state index in [0.717, 1.165) is 22.1 Å². The molecule has 0 saturated heterocycles. The molecule has 1 atom stereocenters. The molecule has 3 nitrogen and oxygen atoms in total. The van der Waals surface area contributed by atoms with Crippen LogP contribution in [0.5, 0.6) is 0 Å². The van der Waals surface area contributed by atoms with Gasteiger partial charge in [0.05, 0.1) is 12.2 Å². The van der Waals surface area contributed by atoms with Crippen molar-refractivity contribution >= 4 is 16.9 Å². The van der Waals surface area contributed by atoms with Crippen molar-refractivity contribution in [2.75, 3.05) is 0 Å². The van der Waals surface area contributed by atoms with Gasteiger partial charge >= 0.3 is 5.97 Å². The lowest BCUT2D eigenvalue weighted by atomic mass is 10.1. The van der Waals surface area contributed by atoms with E-state index < -0.39 is 5.97 Å². The standard InChI is InChI=1S/C12H10O3/c13-12(14)8-5-7-1-2-11-9(3-4-15-11)10(7)6-8/h1-4,8H,5-6H2,(H,13,14). The molecule has 1 aliphatic carbocycles. The summed E-state index contributed by atoms with van der Waals surface area (Å²) in [4.78, 5) is 10.9. The number of carboxylic acids is 1. The van der Waals surface area contributed by atoms with E-state index in [9.17, 15) is 4.79 Å². The van der Waals surface area contributed by atoms with Crippen LogP contribution in [0.4, 0.5) is 0 Å². The second kappa shape index (κ2) is 2.86. The summed E-state index contributed by atoms with van der Waals surface area (Å²) >= 11 is 0. The number of benzene rings is 1. The summed E-state index contributed by atoms with van der Waals surface area (Å²) in [5.74, 6) is -0.969. The minimum Gasteiger partial charge on any atom is -0.481 e. The van der Waals surface area contributed by atoms with Crippen molar-refractivity contribution in [1.29, 1.82) is 0 Å². The molecule has 2 aromatic rings. The average molecular weight is 202 g/mol. The third-order valence-corrected chi connectivity index (χ3v) is 3.11. The van der Waals surface area contributed by atoms with Crippen LogP contribution in [-0.4, -0.2) is 11.1 Å². The first-order chi connectivity index (χ1) is 7.25. The van der Waals surface area contributed by atoms with Gasteiger partial charge in [-0.2, -0.15) is 0 Å². The summed E-state index contributed by atoms with van der Waals surface area (Å²) in [6.45, 7) is 0. The number of hydrogen-bond acceptors (Lipinski definition) is 2. The van der Waals surface area contributed by atoms with Crippen molar-refractivity contribution in [3.8, 4) is 0 Å². The number of furan rings is 1. The molecule has 0 fully saturated rings. The minimum atomic E-state index is -0.706. The van der Waals surface area contributed by atoms with E-state index in [4.69, 9.17) is 9.52 Å². The van der Waals surface area contributed by atoms with Crippen LogP contribution in [0.25, 0.3) is 11.0 Å². The van der Waals surface area contributed by atoms with Crippen LogP contribution in [0, 0.1) is 5.92 Å². The zero-order chi connectivity index (χ0) is 10.4. The van der Waals surface area contributed by atoms with Gasteiger partial charge in [-0.3, -0.25) is 4.79 Å². The number of hydrogen-bond donors (Lipinski definition) is 1. The molecule has 76 valence electrons. The third kappa shape index (κ3) is 1.16. The molecule has 3 heteroatoms. The normalized spacial score (nSPS) is 19.3. The number of carboxylic acid groups (broad SMARTS) is 1. The fourth-order valence-electron chi connectivity index (χ4n) is 2.34. The maximum atomic E-state index is 10.9. The molecular formula is C12H10O3. The summed E-state index contributed by atoms with van der Waals surface area (Å²) < 4.78 is 5.29. The Bertz CT molecular complexity index is 539. The molecule has 1 aromatic carbocycles. The Morgan fingerprint density at radius 3 is 3.00 bits per heavy atom. The quantitative estimate of drug-likeness (QED) is 0.771. The van der Waals surface area contributed by atoms with Gasteiger partial charge < -0.3 is 9.52 Å². The highest BCUT2D eigenvalue weighted by Crippen LogP contribution is 2.33. The van der Waals surface area contributed by atoms with Gasteiger partial charge in [0, 0.05) is 5.39 Å². The van der Waals surface area contributed by atoms with Gasteiger partial charge in [-0.15, -0.1) is 0 Å². The van der Waals surface area contributed by atoms with Gasteiger partial charge in [-0.25, -0.2) is 0 Å². The Kier molecular flexibility index (Phi) is 1.63. The Labute approximate surface area is 86.3 Å². The van der Waals surface area contributed by atoms with Gasteiger partial charge in [-0.05, 0) is 36.1 Å². The smallest absolute Gasteiger partial charge is 0.307 e. The molecule has 0 bridgehead atoms. The second-order valence-electron chi connectivity index (χ2n) is 3.98. The molecular weight excluding hydrogens is 192 g/mol. The number of rotatable bonds is 1. The van der Waals surface area contributed by atoms with Crippen LogP contribution < -0.4 is 0 Å². The van der Waals surface area contributed by atoms with E-state index in [1.165, 1.54) is 0 Å². The summed E-state index contributed by atoms with van der Waals surface area (Å²) in [5.41, 5.74) is 3.14. The van der Waals surface area contributed by atoms with E-state index in [1.54, 1.807) is 6.26 Å². The van der Waals surface area contributed by atoms with Crippen molar-refractivity contribution in [2.45, 2.75) is 12.8 Å². The van der Waals surface area contributed by atoms with Gasteiger partial charge in [-0.1, -0.05) is 6.07 Å². The molecule has 1 N–H and O–H groups in total. The highest BCUT2D eigenvalue weighted by atomic mass is 16.4. The number of carbonyl (C=O) groups is 1. The SMILES string of the molecule is O=C(O)C1Cc2ccc3occc3c2C1. The van der Waals surface area contributed by atoms with Gasteiger partial charge in [0.15, 0.2) is 0 Å². The Hall–Kier alpha value is -1.77. The van der Waals surface area contributed by atoms with Crippen LogP contribution in [-0.2, 0) is 17.6 Å². The number of aliphatic carboxylic acids is 1. The maximum absolute atomic E-state index is 10.9. The van der Waals surface area contributed by atoms with Crippen molar-refractivity contribution in [2.24, 2.45) is 5.92 Å². The first kappa shape index (κ1) is 8.53. The van der Waals surface area contributed by atoms with Gasteiger partial charge in [0.1, 0.15) is 5.58 Å².